The Morgan fingerprint density at radius 3 is 2.76 bits per heavy atom. The van der Waals surface area contributed by atoms with E-state index < -0.39 is 5.97 Å². The molecule has 2 aromatic heterocycles. The standard InChI is InChI=1S/C12H13NO2S2/c1-3-4-9-10(12(14)15)17-11(13-9)8-6-16-5-7(8)2/h5-6H,3-4H2,1-2H3,(H,14,15). The molecule has 0 radical (unpaired) electrons. The minimum Gasteiger partial charge on any atom is -0.477 e. The number of nitrogens with zero attached hydrogens (tertiary/aromatic N) is 1. The molecule has 0 saturated heterocycles. The van der Waals surface area contributed by atoms with Gasteiger partial charge in [0.25, 0.3) is 0 Å². The van der Waals surface area contributed by atoms with E-state index in [1.54, 1.807) is 11.3 Å². The van der Waals surface area contributed by atoms with Crippen LogP contribution in [0.4, 0.5) is 0 Å². The van der Waals surface area contributed by atoms with Gasteiger partial charge in [-0.2, -0.15) is 11.3 Å². The minimum absolute atomic E-state index is 0.382. The Morgan fingerprint density at radius 2 is 2.24 bits per heavy atom. The molecule has 0 aliphatic carbocycles. The molecule has 0 aliphatic rings. The summed E-state index contributed by atoms with van der Waals surface area (Å²) >= 11 is 2.89. The number of hydrogen-bond donors (Lipinski definition) is 1. The van der Waals surface area contributed by atoms with E-state index in [1.807, 2.05) is 19.2 Å². The van der Waals surface area contributed by atoms with Crippen molar-refractivity contribution < 1.29 is 9.90 Å². The Kier molecular flexibility index (Phi) is 3.59. The molecule has 5 heteroatoms. The highest BCUT2D eigenvalue weighted by Gasteiger charge is 2.18. The van der Waals surface area contributed by atoms with E-state index in [9.17, 15) is 4.79 Å². The second-order valence-electron chi connectivity index (χ2n) is 3.82. The SMILES string of the molecule is CCCc1nc(-c2cscc2C)sc1C(=O)O. The molecular weight excluding hydrogens is 254 g/mol. The van der Waals surface area contributed by atoms with Crippen molar-refractivity contribution in [1.82, 2.24) is 4.98 Å². The normalized spacial score (nSPS) is 10.7. The average molecular weight is 267 g/mol. The van der Waals surface area contributed by atoms with E-state index in [-0.39, 0.29) is 0 Å². The van der Waals surface area contributed by atoms with Crippen LogP contribution in [0, 0.1) is 6.92 Å². The minimum atomic E-state index is -0.870. The van der Waals surface area contributed by atoms with E-state index >= 15 is 0 Å². The zero-order chi connectivity index (χ0) is 12.4. The number of aryl methyl sites for hydroxylation is 2. The van der Waals surface area contributed by atoms with Crippen LogP contribution in [0.1, 0.15) is 34.3 Å². The van der Waals surface area contributed by atoms with Crippen molar-refractivity contribution in [1.29, 1.82) is 0 Å². The van der Waals surface area contributed by atoms with Crippen LogP contribution in [0.2, 0.25) is 0 Å². The van der Waals surface area contributed by atoms with E-state index in [4.69, 9.17) is 5.11 Å². The number of carboxylic acid groups (broad SMARTS) is 1. The summed E-state index contributed by atoms with van der Waals surface area (Å²) in [6.07, 6.45) is 1.63. The van der Waals surface area contributed by atoms with Gasteiger partial charge in [-0.05, 0) is 24.3 Å². The summed E-state index contributed by atoms with van der Waals surface area (Å²) in [6.45, 7) is 4.05. The number of hydrogen-bond acceptors (Lipinski definition) is 4. The summed E-state index contributed by atoms with van der Waals surface area (Å²) in [5, 5.41) is 14.0. The maximum Gasteiger partial charge on any atom is 0.347 e. The van der Waals surface area contributed by atoms with Crippen LogP contribution in [-0.2, 0) is 6.42 Å². The first-order valence-electron chi connectivity index (χ1n) is 5.39. The third-order valence-corrected chi connectivity index (χ3v) is 4.44. The molecule has 1 N–H and O–H groups in total. The number of thiophene rings is 1. The van der Waals surface area contributed by atoms with Gasteiger partial charge in [-0.3, -0.25) is 0 Å². The number of thiazole rings is 1. The first kappa shape index (κ1) is 12.3. The summed E-state index contributed by atoms with van der Waals surface area (Å²) in [6, 6.07) is 0. The molecule has 0 atom stereocenters. The van der Waals surface area contributed by atoms with Gasteiger partial charge in [0, 0.05) is 10.9 Å². The third kappa shape index (κ3) is 2.40. The largest absolute Gasteiger partial charge is 0.477 e. The molecule has 0 spiro atoms. The van der Waals surface area contributed by atoms with Crippen LogP contribution in [-0.4, -0.2) is 16.1 Å². The number of aromatic carboxylic acids is 1. The molecule has 0 aromatic carbocycles. The van der Waals surface area contributed by atoms with Gasteiger partial charge in [0.05, 0.1) is 5.69 Å². The number of aromatic nitrogens is 1. The van der Waals surface area contributed by atoms with Crippen LogP contribution in [0.25, 0.3) is 10.6 Å². The molecule has 0 bridgehead atoms. The van der Waals surface area contributed by atoms with Gasteiger partial charge in [0.2, 0.25) is 0 Å². The second kappa shape index (κ2) is 4.98. The summed E-state index contributed by atoms with van der Waals surface area (Å²) in [7, 11) is 0. The molecular formula is C12H13NO2S2. The molecule has 2 rings (SSSR count). The summed E-state index contributed by atoms with van der Waals surface area (Å²) in [5.41, 5.74) is 2.93. The van der Waals surface area contributed by atoms with Gasteiger partial charge in [0.1, 0.15) is 9.88 Å². The lowest BCUT2D eigenvalue weighted by Crippen LogP contribution is -1.98. The zero-order valence-electron chi connectivity index (χ0n) is 9.69. The average Bonchev–Trinajstić information content (AvgIpc) is 2.84. The second-order valence-corrected chi connectivity index (χ2v) is 5.56. The predicted octanol–water partition coefficient (Wildman–Crippen LogP) is 3.83. The quantitative estimate of drug-likeness (QED) is 0.915. The van der Waals surface area contributed by atoms with Crippen molar-refractivity contribution in [3.63, 3.8) is 0 Å². The highest BCUT2D eigenvalue weighted by atomic mass is 32.1. The monoisotopic (exact) mass is 267 g/mol. The lowest BCUT2D eigenvalue weighted by molar-refractivity contribution is 0.0700. The smallest absolute Gasteiger partial charge is 0.347 e. The molecule has 90 valence electrons. The van der Waals surface area contributed by atoms with E-state index in [1.165, 1.54) is 11.3 Å². The van der Waals surface area contributed by atoms with Crippen molar-refractivity contribution in [3.8, 4) is 10.6 Å². The highest BCUT2D eigenvalue weighted by molar-refractivity contribution is 7.17. The van der Waals surface area contributed by atoms with Crippen molar-refractivity contribution >= 4 is 28.6 Å². The van der Waals surface area contributed by atoms with Gasteiger partial charge in [-0.25, -0.2) is 9.78 Å². The Labute approximate surface area is 108 Å². The fourth-order valence-electron chi connectivity index (χ4n) is 1.62. The van der Waals surface area contributed by atoms with Crippen LogP contribution in [0.5, 0.6) is 0 Å². The van der Waals surface area contributed by atoms with Crippen molar-refractivity contribution in [2.45, 2.75) is 26.7 Å². The Balaban J connectivity index is 2.47. The van der Waals surface area contributed by atoms with E-state index in [0.29, 0.717) is 10.6 Å². The maximum atomic E-state index is 11.1. The zero-order valence-corrected chi connectivity index (χ0v) is 11.3. The Morgan fingerprint density at radius 1 is 1.47 bits per heavy atom. The first-order valence-corrected chi connectivity index (χ1v) is 7.15. The maximum absolute atomic E-state index is 11.1. The molecule has 0 amide bonds. The fraction of sp³-hybridized carbons (Fsp3) is 0.333. The molecule has 2 aromatic rings. The van der Waals surface area contributed by atoms with Gasteiger partial charge in [-0.15, -0.1) is 11.3 Å². The highest BCUT2D eigenvalue weighted by Crippen LogP contribution is 2.32. The van der Waals surface area contributed by atoms with Crippen LogP contribution in [0.3, 0.4) is 0 Å². The molecule has 0 aliphatic heterocycles. The fourth-order valence-corrected chi connectivity index (χ4v) is 3.56. The Hall–Kier alpha value is -1.20. The van der Waals surface area contributed by atoms with Crippen LogP contribution >= 0.6 is 22.7 Å². The van der Waals surface area contributed by atoms with Crippen molar-refractivity contribution in [3.05, 3.63) is 26.9 Å². The first-order chi connectivity index (χ1) is 8.13. The lowest BCUT2D eigenvalue weighted by Gasteiger charge is -1.93. The molecule has 0 fully saturated rings. The molecule has 3 nitrogen and oxygen atoms in total. The van der Waals surface area contributed by atoms with Gasteiger partial charge < -0.3 is 5.11 Å². The lowest BCUT2D eigenvalue weighted by atomic mass is 10.2. The van der Waals surface area contributed by atoms with Gasteiger partial charge >= 0.3 is 5.97 Å². The number of carbonyl (C=O) groups is 1. The topological polar surface area (TPSA) is 50.2 Å². The molecule has 2 heterocycles. The summed E-state index contributed by atoms with van der Waals surface area (Å²) in [5.74, 6) is -0.870. The Bertz CT molecular complexity index is 542. The van der Waals surface area contributed by atoms with Crippen LogP contribution < -0.4 is 0 Å². The van der Waals surface area contributed by atoms with Gasteiger partial charge in [0.15, 0.2) is 0 Å². The molecule has 0 unspecified atom stereocenters. The predicted molar refractivity (Wildman–Crippen MR) is 71.1 cm³/mol. The number of carboxylic acids is 1. The van der Waals surface area contributed by atoms with E-state index in [0.717, 1.165) is 29.0 Å². The van der Waals surface area contributed by atoms with Crippen molar-refractivity contribution in [2.75, 3.05) is 0 Å². The van der Waals surface area contributed by atoms with Crippen LogP contribution in [0.15, 0.2) is 10.8 Å². The summed E-state index contributed by atoms with van der Waals surface area (Å²) in [4.78, 5) is 16.0. The third-order valence-electron chi connectivity index (χ3n) is 2.46. The molecule has 17 heavy (non-hydrogen) atoms. The van der Waals surface area contributed by atoms with E-state index in [2.05, 4.69) is 10.4 Å². The summed E-state index contributed by atoms with van der Waals surface area (Å²) < 4.78 is 0. The number of rotatable bonds is 4. The van der Waals surface area contributed by atoms with Gasteiger partial charge in [-0.1, -0.05) is 13.3 Å². The molecule has 0 saturated carbocycles. The van der Waals surface area contributed by atoms with Crippen molar-refractivity contribution in [2.24, 2.45) is 0 Å².